The number of rotatable bonds is 11. The van der Waals surface area contributed by atoms with E-state index in [2.05, 4.69) is 15.0 Å². The predicted octanol–water partition coefficient (Wildman–Crippen LogP) is 4.59. The summed E-state index contributed by atoms with van der Waals surface area (Å²) < 4.78 is 27.7. The van der Waals surface area contributed by atoms with Crippen LogP contribution >= 0.6 is 22.6 Å². The van der Waals surface area contributed by atoms with Gasteiger partial charge in [0.25, 0.3) is 0 Å². The van der Waals surface area contributed by atoms with Gasteiger partial charge in [-0.1, -0.05) is 91.0 Å². The number of nitrogens with one attached hydrogen (secondary N) is 1. The third-order valence-corrected chi connectivity index (χ3v) is 7.58. The third kappa shape index (κ3) is 6.40. The van der Waals surface area contributed by atoms with E-state index in [-0.39, 0.29) is 19.0 Å². The summed E-state index contributed by atoms with van der Waals surface area (Å²) in [4.78, 5) is 25.1. The Balaban J connectivity index is 1.35. The van der Waals surface area contributed by atoms with Crippen LogP contribution in [0, 0.1) is 3.83 Å². The molecule has 0 radical (unpaired) electrons. The molecule has 11 heteroatoms. The van der Waals surface area contributed by atoms with Crippen LogP contribution in [0.5, 0.6) is 0 Å². The van der Waals surface area contributed by atoms with Crippen molar-refractivity contribution in [2.75, 3.05) is 12.3 Å². The van der Waals surface area contributed by atoms with E-state index in [4.69, 9.17) is 24.7 Å². The second-order valence-electron chi connectivity index (χ2n) is 9.96. The Morgan fingerprint density at radius 2 is 1.36 bits per heavy atom. The molecule has 10 nitrogen and oxygen atoms in total. The number of aromatic amines is 1. The first-order chi connectivity index (χ1) is 20.6. The first-order valence-corrected chi connectivity index (χ1v) is 14.7. The lowest BCUT2D eigenvalue weighted by Crippen LogP contribution is -2.40. The molecule has 0 spiro atoms. The van der Waals surface area contributed by atoms with Gasteiger partial charge in [0.1, 0.15) is 23.8 Å². The van der Waals surface area contributed by atoms with E-state index in [1.165, 1.54) is 4.57 Å². The summed E-state index contributed by atoms with van der Waals surface area (Å²) in [5.41, 5.74) is 9.30. The Morgan fingerprint density at radius 1 is 0.810 bits per heavy atom. The molecule has 1 saturated heterocycles. The number of nitrogens with zero attached hydrogens (tertiary/aromatic N) is 3. The summed E-state index contributed by atoms with van der Waals surface area (Å²) in [6.45, 7) is 1.23. The summed E-state index contributed by atoms with van der Waals surface area (Å²) in [6.07, 6.45) is -2.73. The molecular weight excluding hydrogens is 649 g/mol. The van der Waals surface area contributed by atoms with Crippen LogP contribution in [0.15, 0.2) is 95.8 Å². The molecule has 0 amide bonds. The molecule has 1 unspecified atom stereocenters. The van der Waals surface area contributed by atoms with E-state index in [1.807, 2.05) is 114 Å². The van der Waals surface area contributed by atoms with Crippen molar-refractivity contribution in [2.45, 2.75) is 44.4 Å². The minimum Gasteiger partial charge on any atom is -0.382 e. The first kappa shape index (κ1) is 28.5. The van der Waals surface area contributed by atoms with Crippen LogP contribution in [0.2, 0.25) is 0 Å². The third-order valence-electron chi connectivity index (χ3n) is 7.07. The SMILES string of the molecule is Nc1nc(=O)n([C@@H]2OC(COCc3ccccc3)[C@@H](OCc3ccccc3)[C@H]2OCc2ccccc2)c2nc(I)[nH]c12. The number of anilines is 1. The van der Waals surface area contributed by atoms with Crippen LogP contribution in [-0.2, 0) is 38.8 Å². The zero-order valence-electron chi connectivity index (χ0n) is 22.6. The van der Waals surface area contributed by atoms with E-state index < -0.39 is 30.2 Å². The fourth-order valence-electron chi connectivity index (χ4n) is 5.05. The smallest absolute Gasteiger partial charge is 0.353 e. The minimum atomic E-state index is -0.901. The molecule has 3 N–H and O–H groups in total. The van der Waals surface area contributed by atoms with Crippen molar-refractivity contribution in [3.8, 4) is 0 Å². The normalized spacial score (nSPS) is 20.3. The Hall–Kier alpha value is -3.62. The number of fused-ring (bicyclic) bond motifs is 1. The standard InChI is InChI=1S/C31H30IN5O5/c32-30-34-24-27(33)35-31(38)37(28(24)36-30)29-26(41-18-22-14-8-3-9-15-22)25(40-17-21-12-6-2-7-13-21)23(42-29)19-39-16-20-10-4-1-5-11-20/h1-15,23,25-26,29H,16-19H2,(H,34,36)(H2,33,35,38)/t23?,25-,26-,29-/m1/s1. The number of H-pyrrole nitrogens is 1. The number of hydrogen-bond acceptors (Lipinski definition) is 8. The highest BCUT2D eigenvalue weighted by Crippen LogP contribution is 2.36. The highest BCUT2D eigenvalue weighted by Gasteiger charge is 2.48. The average molecular weight is 680 g/mol. The second kappa shape index (κ2) is 13.1. The number of benzene rings is 3. The fourth-order valence-corrected chi connectivity index (χ4v) is 5.55. The van der Waals surface area contributed by atoms with Crippen molar-refractivity contribution in [1.82, 2.24) is 19.5 Å². The molecule has 3 heterocycles. The lowest BCUT2D eigenvalue weighted by Gasteiger charge is -2.25. The molecule has 1 aliphatic heterocycles. The van der Waals surface area contributed by atoms with Crippen molar-refractivity contribution >= 4 is 39.6 Å². The highest BCUT2D eigenvalue weighted by molar-refractivity contribution is 14.1. The number of halogens is 1. The Kier molecular flexibility index (Phi) is 8.91. The van der Waals surface area contributed by atoms with Gasteiger partial charge in [-0.25, -0.2) is 14.3 Å². The number of hydrogen-bond donors (Lipinski definition) is 2. The van der Waals surface area contributed by atoms with Crippen molar-refractivity contribution in [3.63, 3.8) is 0 Å². The molecule has 0 aliphatic carbocycles. The van der Waals surface area contributed by atoms with Gasteiger partial charge in [0.15, 0.2) is 21.5 Å². The number of imidazole rings is 1. The first-order valence-electron chi connectivity index (χ1n) is 13.6. The van der Waals surface area contributed by atoms with E-state index in [0.717, 1.165) is 16.7 Å². The van der Waals surface area contributed by atoms with Crippen LogP contribution in [-0.4, -0.2) is 44.4 Å². The maximum absolute atomic E-state index is 13.4. The van der Waals surface area contributed by atoms with Gasteiger partial charge >= 0.3 is 5.69 Å². The maximum Gasteiger partial charge on any atom is 0.353 e. The molecule has 0 saturated carbocycles. The number of ether oxygens (including phenoxy) is 4. The molecule has 42 heavy (non-hydrogen) atoms. The molecular formula is C31H30IN5O5. The van der Waals surface area contributed by atoms with Crippen molar-refractivity contribution < 1.29 is 18.9 Å². The van der Waals surface area contributed by atoms with Crippen molar-refractivity contribution in [2.24, 2.45) is 0 Å². The predicted molar refractivity (Wildman–Crippen MR) is 165 cm³/mol. The number of aromatic nitrogens is 4. The summed E-state index contributed by atoms with van der Waals surface area (Å²) in [5, 5.41) is 0. The molecule has 3 aromatic carbocycles. The average Bonchev–Trinajstić information content (AvgIpc) is 3.56. The largest absolute Gasteiger partial charge is 0.382 e. The lowest BCUT2D eigenvalue weighted by molar-refractivity contribution is -0.0917. The zero-order valence-corrected chi connectivity index (χ0v) is 24.8. The molecule has 1 aliphatic rings. The zero-order chi connectivity index (χ0) is 28.9. The van der Waals surface area contributed by atoms with Gasteiger partial charge in [-0.2, -0.15) is 4.98 Å². The molecule has 0 bridgehead atoms. The highest BCUT2D eigenvalue weighted by atomic mass is 127. The summed E-state index contributed by atoms with van der Waals surface area (Å²) >= 11 is 2.04. The van der Waals surface area contributed by atoms with Gasteiger partial charge < -0.3 is 29.7 Å². The molecule has 2 aromatic heterocycles. The Bertz CT molecular complexity index is 1670. The van der Waals surface area contributed by atoms with Gasteiger partial charge in [-0.05, 0) is 39.3 Å². The van der Waals surface area contributed by atoms with E-state index in [0.29, 0.717) is 28.2 Å². The minimum absolute atomic E-state index is 0.0704. The van der Waals surface area contributed by atoms with Gasteiger partial charge in [-0.3, -0.25) is 0 Å². The van der Waals surface area contributed by atoms with Crippen LogP contribution in [0.3, 0.4) is 0 Å². The number of nitrogen functional groups attached to an aromatic ring is 1. The van der Waals surface area contributed by atoms with E-state index in [9.17, 15) is 4.79 Å². The molecule has 5 aromatic rings. The lowest BCUT2D eigenvalue weighted by atomic mass is 10.1. The monoisotopic (exact) mass is 679 g/mol. The summed E-state index contributed by atoms with van der Waals surface area (Å²) in [7, 11) is 0. The van der Waals surface area contributed by atoms with Gasteiger partial charge in [-0.15, -0.1) is 0 Å². The van der Waals surface area contributed by atoms with Gasteiger partial charge in [0, 0.05) is 0 Å². The molecule has 1 fully saturated rings. The van der Waals surface area contributed by atoms with Gasteiger partial charge in [0.05, 0.1) is 26.4 Å². The van der Waals surface area contributed by atoms with Crippen LogP contribution in [0.1, 0.15) is 22.9 Å². The second-order valence-corrected chi connectivity index (χ2v) is 11.0. The van der Waals surface area contributed by atoms with Crippen molar-refractivity contribution in [1.29, 1.82) is 0 Å². The molecule has 216 valence electrons. The van der Waals surface area contributed by atoms with Crippen LogP contribution in [0.25, 0.3) is 11.2 Å². The van der Waals surface area contributed by atoms with Crippen molar-refractivity contribution in [3.05, 3.63) is 122 Å². The maximum atomic E-state index is 13.4. The fraction of sp³-hybridized carbons (Fsp3) is 0.258. The quantitative estimate of drug-likeness (QED) is 0.154. The van der Waals surface area contributed by atoms with Gasteiger partial charge in [0.2, 0.25) is 0 Å². The molecule has 6 rings (SSSR count). The molecule has 4 atom stereocenters. The van der Waals surface area contributed by atoms with Crippen LogP contribution in [0.4, 0.5) is 5.82 Å². The topological polar surface area (TPSA) is 127 Å². The Labute approximate surface area is 255 Å². The van der Waals surface area contributed by atoms with E-state index in [1.54, 1.807) is 0 Å². The van der Waals surface area contributed by atoms with E-state index >= 15 is 0 Å². The summed E-state index contributed by atoms with van der Waals surface area (Å²) in [5.74, 6) is 0.0704. The summed E-state index contributed by atoms with van der Waals surface area (Å²) in [6, 6.07) is 29.6. The van der Waals surface area contributed by atoms with Crippen LogP contribution < -0.4 is 11.4 Å². The number of nitrogens with two attached hydrogens (primary N) is 1. The Morgan fingerprint density at radius 3 is 1.95 bits per heavy atom.